The van der Waals surface area contributed by atoms with Crippen LogP contribution in [0, 0.1) is 11.8 Å². The van der Waals surface area contributed by atoms with Crippen LogP contribution in [0.2, 0.25) is 0 Å². The summed E-state index contributed by atoms with van der Waals surface area (Å²) in [6.45, 7) is 1.87. The van der Waals surface area contributed by atoms with Gasteiger partial charge >= 0.3 is 0 Å². The second-order valence-corrected chi connectivity index (χ2v) is 3.58. The molecule has 0 bridgehead atoms. The summed E-state index contributed by atoms with van der Waals surface area (Å²) in [5.41, 5.74) is 6.26. The Morgan fingerprint density at radius 1 is 1.24 bits per heavy atom. The van der Waals surface area contributed by atoms with E-state index < -0.39 is 0 Å². The first-order valence-electron chi connectivity index (χ1n) is 5.77. The van der Waals surface area contributed by atoms with Gasteiger partial charge in [-0.05, 0) is 31.0 Å². The van der Waals surface area contributed by atoms with Crippen LogP contribution in [-0.2, 0) is 4.74 Å². The van der Waals surface area contributed by atoms with Gasteiger partial charge in [-0.25, -0.2) is 0 Å². The SMILES string of the molecule is COCCCCOc1cccc(C#CCN)c1. The van der Waals surface area contributed by atoms with Crippen molar-refractivity contribution in [3.05, 3.63) is 29.8 Å². The van der Waals surface area contributed by atoms with E-state index in [1.165, 1.54) is 0 Å². The van der Waals surface area contributed by atoms with Crippen molar-refractivity contribution in [2.75, 3.05) is 26.9 Å². The van der Waals surface area contributed by atoms with Gasteiger partial charge in [-0.1, -0.05) is 17.9 Å². The van der Waals surface area contributed by atoms with Crippen LogP contribution in [-0.4, -0.2) is 26.9 Å². The molecule has 92 valence electrons. The molecule has 0 fully saturated rings. The Bertz CT molecular complexity index is 379. The first-order chi connectivity index (χ1) is 8.36. The Morgan fingerprint density at radius 2 is 2.06 bits per heavy atom. The lowest BCUT2D eigenvalue weighted by molar-refractivity contribution is 0.184. The van der Waals surface area contributed by atoms with Crippen molar-refractivity contribution in [2.45, 2.75) is 12.8 Å². The van der Waals surface area contributed by atoms with Crippen molar-refractivity contribution in [1.82, 2.24) is 0 Å². The second-order valence-electron chi connectivity index (χ2n) is 3.58. The number of hydrogen-bond donors (Lipinski definition) is 1. The van der Waals surface area contributed by atoms with E-state index in [0.717, 1.165) is 30.8 Å². The summed E-state index contributed by atoms with van der Waals surface area (Å²) in [5.74, 6) is 6.65. The summed E-state index contributed by atoms with van der Waals surface area (Å²) in [6.07, 6.45) is 2.01. The Labute approximate surface area is 103 Å². The van der Waals surface area contributed by atoms with Crippen molar-refractivity contribution in [3.63, 3.8) is 0 Å². The normalized spacial score (nSPS) is 9.53. The minimum Gasteiger partial charge on any atom is -0.494 e. The average molecular weight is 233 g/mol. The van der Waals surface area contributed by atoms with Gasteiger partial charge in [0, 0.05) is 19.3 Å². The lowest BCUT2D eigenvalue weighted by Gasteiger charge is -2.06. The lowest BCUT2D eigenvalue weighted by Crippen LogP contribution is -1.99. The molecule has 0 aliphatic carbocycles. The third-order valence-corrected chi connectivity index (χ3v) is 2.18. The van der Waals surface area contributed by atoms with Gasteiger partial charge in [-0.3, -0.25) is 0 Å². The Hall–Kier alpha value is -1.50. The highest BCUT2D eigenvalue weighted by Gasteiger charge is 1.95. The molecule has 1 aromatic rings. The maximum Gasteiger partial charge on any atom is 0.120 e. The zero-order valence-electron chi connectivity index (χ0n) is 10.2. The molecule has 2 N–H and O–H groups in total. The zero-order chi connectivity index (χ0) is 12.3. The molecule has 0 saturated heterocycles. The smallest absolute Gasteiger partial charge is 0.120 e. The van der Waals surface area contributed by atoms with Gasteiger partial charge in [0.15, 0.2) is 0 Å². The van der Waals surface area contributed by atoms with Gasteiger partial charge < -0.3 is 15.2 Å². The highest BCUT2D eigenvalue weighted by atomic mass is 16.5. The van der Waals surface area contributed by atoms with E-state index in [0.29, 0.717) is 13.2 Å². The fourth-order valence-electron chi connectivity index (χ4n) is 1.36. The first kappa shape index (κ1) is 13.6. The summed E-state index contributed by atoms with van der Waals surface area (Å²) >= 11 is 0. The van der Waals surface area contributed by atoms with Crippen LogP contribution >= 0.6 is 0 Å². The summed E-state index contributed by atoms with van der Waals surface area (Å²) < 4.78 is 10.6. The van der Waals surface area contributed by atoms with Gasteiger partial charge in [-0.2, -0.15) is 0 Å². The van der Waals surface area contributed by atoms with E-state index in [1.54, 1.807) is 7.11 Å². The van der Waals surface area contributed by atoms with E-state index in [1.807, 2.05) is 24.3 Å². The predicted molar refractivity (Wildman–Crippen MR) is 69.0 cm³/mol. The number of rotatable bonds is 6. The maximum absolute atomic E-state index is 5.62. The van der Waals surface area contributed by atoms with Crippen molar-refractivity contribution >= 4 is 0 Å². The standard InChI is InChI=1S/C14H19NO2/c1-16-10-2-3-11-17-14-8-4-6-13(12-14)7-5-9-15/h4,6,8,12H,2-3,9-11,15H2,1H3. The maximum atomic E-state index is 5.62. The monoisotopic (exact) mass is 233 g/mol. The van der Waals surface area contributed by atoms with E-state index in [4.69, 9.17) is 15.2 Å². The topological polar surface area (TPSA) is 44.5 Å². The Balaban J connectivity index is 2.38. The third-order valence-electron chi connectivity index (χ3n) is 2.18. The number of hydrogen-bond acceptors (Lipinski definition) is 3. The van der Waals surface area contributed by atoms with Crippen LogP contribution < -0.4 is 10.5 Å². The Kier molecular flexibility index (Phi) is 6.89. The molecule has 0 spiro atoms. The molecular weight excluding hydrogens is 214 g/mol. The molecule has 0 amide bonds. The van der Waals surface area contributed by atoms with Crippen LogP contribution in [0.4, 0.5) is 0 Å². The number of unbranched alkanes of at least 4 members (excludes halogenated alkanes) is 1. The van der Waals surface area contributed by atoms with E-state index in [2.05, 4.69) is 11.8 Å². The van der Waals surface area contributed by atoms with Crippen LogP contribution in [0.1, 0.15) is 18.4 Å². The molecule has 0 aliphatic rings. The molecule has 3 nitrogen and oxygen atoms in total. The average Bonchev–Trinajstić information content (AvgIpc) is 2.37. The highest BCUT2D eigenvalue weighted by Crippen LogP contribution is 2.12. The third kappa shape index (κ3) is 5.96. The van der Waals surface area contributed by atoms with E-state index >= 15 is 0 Å². The number of benzene rings is 1. The van der Waals surface area contributed by atoms with Crippen LogP contribution in [0.5, 0.6) is 5.75 Å². The van der Waals surface area contributed by atoms with Gasteiger partial charge in [0.1, 0.15) is 5.75 Å². The molecule has 0 heterocycles. The van der Waals surface area contributed by atoms with Crippen LogP contribution in [0.3, 0.4) is 0 Å². The molecule has 1 rings (SSSR count). The molecule has 0 aromatic heterocycles. The van der Waals surface area contributed by atoms with Gasteiger partial charge in [0.05, 0.1) is 13.2 Å². The van der Waals surface area contributed by atoms with Crippen LogP contribution in [0.15, 0.2) is 24.3 Å². The number of nitrogens with two attached hydrogens (primary N) is 1. The Morgan fingerprint density at radius 3 is 2.82 bits per heavy atom. The van der Waals surface area contributed by atoms with E-state index in [9.17, 15) is 0 Å². The molecule has 0 atom stereocenters. The quantitative estimate of drug-likeness (QED) is 0.602. The highest BCUT2D eigenvalue weighted by molar-refractivity contribution is 5.39. The van der Waals surface area contributed by atoms with E-state index in [-0.39, 0.29) is 0 Å². The van der Waals surface area contributed by atoms with Crippen molar-refractivity contribution in [1.29, 1.82) is 0 Å². The van der Waals surface area contributed by atoms with Crippen molar-refractivity contribution < 1.29 is 9.47 Å². The molecule has 3 heteroatoms. The summed E-state index contributed by atoms with van der Waals surface area (Å²) in [4.78, 5) is 0. The minimum absolute atomic E-state index is 0.377. The summed E-state index contributed by atoms with van der Waals surface area (Å²) in [6, 6.07) is 7.74. The minimum atomic E-state index is 0.377. The summed E-state index contributed by atoms with van der Waals surface area (Å²) in [5, 5.41) is 0. The lowest BCUT2D eigenvalue weighted by atomic mass is 10.2. The van der Waals surface area contributed by atoms with Gasteiger partial charge in [0.2, 0.25) is 0 Å². The predicted octanol–water partition coefficient (Wildman–Crippen LogP) is 1.80. The molecule has 0 radical (unpaired) electrons. The van der Waals surface area contributed by atoms with Gasteiger partial charge in [-0.15, -0.1) is 0 Å². The van der Waals surface area contributed by atoms with Gasteiger partial charge in [0.25, 0.3) is 0 Å². The number of ether oxygens (including phenoxy) is 2. The fourth-order valence-corrected chi connectivity index (χ4v) is 1.36. The molecule has 0 saturated carbocycles. The fraction of sp³-hybridized carbons (Fsp3) is 0.429. The first-order valence-corrected chi connectivity index (χ1v) is 5.77. The molecule has 0 unspecified atom stereocenters. The largest absolute Gasteiger partial charge is 0.494 e. The van der Waals surface area contributed by atoms with Crippen molar-refractivity contribution in [3.8, 4) is 17.6 Å². The van der Waals surface area contributed by atoms with Crippen LogP contribution in [0.25, 0.3) is 0 Å². The summed E-state index contributed by atoms with van der Waals surface area (Å²) in [7, 11) is 1.71. The molecule has 0 aliphatic heterocycles. The molecular formula is C14H19NO2. The van der Waals surface area contributed by atoms with Crippen molar-refractivity contribution in [2.24, 2.45) is 5.73 Å². The molecule has 1 aromatic carbocycles. The number of methoxy groups -OCH3 is 1. The zero-order valence-corrected chi connectivity index (χ0v) is 10.2. The second kappa shape index (κ2) is 8.63. The molecule has 17 heavy (non-hydrogen) atoms.